The number of nitrogens with zero attached hydrogens (tertiary/aromatic N) is 5. The van der Waals surface area contributed by atoms with Gasteiger partial charge in [0.25, 0.3) is 5.56 Å². The fraction of sp³-hybridized carbons (Fsp3) is 0.409. The second kappa shape index (κ2) is 7.72. The minimum atomic E-state index is -0.403. The average molecular weight is 427 g/mol. The van der Waals surface area contributed by atoms with Gasteiger partial charge in [0.2, 0.25) is 5.91 Å². The quantitative estimate of drug-likeness (QED) is 0.623. The summed E-state index contributed by atoms with van der Waals surface area (Å²) in [5, 5.41) is 0.406. The van der Waals surface area contributed by atoms with Crippen molar-refractivity contribution in [1.82, 2.24) is 18.6 Å². The topological polar surface area (TPSA) is 72.5 Å². The van der Waals surface area contributed by atoms with E-state index in [4.69, 9.17) is 0 Å². The lowest BCUT2D eigenvalue weighted by atomic mass is 10.1. The van der Waals surface area contributed by atoms with Gasteiger partial charge in [-0.25, -0.2) is 9.18 Å². The van der Waals surface area contributed by atoms with Crippen LogP contribution >= 0.6 is 0 Å². The number of amides is 1. The van der Waals surface area contributed by atoms with Crippen molar-refractivity contribution >= 4 is 22.6 Å². The van der Waals surface area contributed by atoms with E-state index in [-0.39, 0.29) is 18.1 Å². The molecule has 0 N–H and O–H groups in total. The molecule has 1 aromatic carbocycles. The summed E-state index contributed by atoms with van der Waals surface area (Å²) in [5.74, 6) is -0.352. The molecule has 1 aliphatic heterocycles. The van der Waals surface area contributed by atoms with Gasteiger partial charge >= 0.3 is 5.69 Å². The van der Waals surface area contributed by atoms with Crippen LogP contribution in [0, 0.1) is 12.7 Å². The molecule has 2 aromatic heterocycles. The fourth-order valence-corrected chi connectivity index (χ4v) is 4.42. The van der Waals surface area contributed by atoms with Crippen molar-refractivity contribution in [3.05, 3.63) is 62.2 Å². The number of halogens is 1. The van der Waals surface area contributed by atoms with Gasteiger partial charge in [0.1, 0.15) is 11.5 Å². The zero-order valence-electron chi connectivity index (χ0n) is 18.2. The monoisotopic (exact) mass is 427 g/mol. The Morgan fingerprint density at radius 2 is 1.61 bits per heavy atom. The average Bonchev–Trinajstić information content (AvgIpc) is 3.01. The predicted octanol–water partition coefficient (Wildman–Crippen LogP) is 0.915. The van der Waals surface area contributed by atoms with E-state index in [1.807, 2.05) is 11.8 Å². The highest BCUT2D eigenvalue weighted by Crippen LogP contribution is 2.23. The predicted molar refractivity (Wildman–Crippen MR) is 117 cm³/mol. The smallest absolute Gasteiger partial charge is 0.332 e. The number of aromatic nitrogens is 3. The third kappa shape index (κ3) is 3.34. The molecule has 0 bridgehead atoms. The van der Waals surface area contributed by atoms with Gasteiger partial charge in [0.05, 0.1) is 17.5 Å². The van der Waals surface area contributed by atoms with Gasteiger partial charge in [-0.2, -0.15) is 0 Å². The van der Waals surface area contributed by atoms with Gasteiger partial charge < -0.3 is 14.4 Å². The molecule has 0 aliphatic carbocycles. The molecule has 0 spiro atoms. The Kier molecular flexibility index (Phi) is 5.20. The van der Waals surface area contributed by atoms with Gasteiger partial charge in [0, 0.05) is 53.0 Å². The maximum atomic E-state index is 14.1. The summed E-state index contributed by atoms with van der Waals surface area (Å²) in [6, 6.07) is 6.63. The zero-order chi connectivity index (χ0) is 22.4. The largest absolute Gasteiger partial charge is 0.366 e. The number of carbonyl (C=O) groups excluding carboxylic acids is 1. The molecule has 1 aliphatic rings. The molecule has 31 heavy (non-hydrogen) atoms. The molecule has 0 atom stereocenters. The molecule has 4 rings (SSSR count). The lowest BCUT2D eigenvalue weighted by molar-refractivity contribution is -0.130. The van der Waals surface area contributed by atoms with Crippen LogP contribution in [0.1, 0.15) is 11.3 Å². The SMILES string of the molecule is Cc1c(CC(=O)N2CCN(c3ccccc3F)CC2)c2c(=O)n(C)c(=O)n(C)c2n1C. The van der Waals surface area contributed by atoms with Gasteiger partial charge in [-0.3, -0.25) is 18.7 Å². The molecular formula is C22H26FN5O3. The Labute approximate surface area is 178 Å². The molecule has 3 aromatic rings. The Morgan fingerprint density at radius 1 is 0.968 bits per heavy atom. The summed E-state index contributed by atoms with van der Waals surface area (Å²) in [5.41, 5.74) is 1.69. The lowest BCUT2D eigenvalue weighted by Gasteiger charge is -2.36. The lowest BCUT2D eigenvalue weighted by Crippen LogP contribution is -2.49. The molecule has 0 unspecified atom stereocenters. The number of fused-ring (bicyclic) bond motifs is 1. The van der Waals surface area contributed by atoms with E-state index < -0.39 is 11.2 Å². The summed E-state index contributed by atoms with van der Waals surface area (Å²) in [6.45, 7) is 3.89. The molecule has 9 heteroatoms. The van der Waals surface area contributed by atoms with Crippen LogP contribution in [0.3, 0.4) is 0 Å². The number of rotatable bonds is 3. The van der Waals surface area contributed by atoms with E-state index in [0.29, 0.717) is 48.5 Å². The molecule has 1 amide bonds. The summed E-state index contributed by atoms with van der Waals surface area (Å²) < 4.78 is 18.4. The Bertz CT molecular complexity index is 1300. The maximum absolute atomic E-state index is 14.1. The molecule has 1 fully saturated rings. The van der Waals surface area contributed by atoms with Crippen molar-refractivity contribution in [2.24, 2.45) is 21.1 Å². The van der Waals surface area contributed by atoms with E-state index in [0.717, 1.165) is 10.3 Å². The number of benzene rings is 1. The molecule has 164 valence electrons. The number of anilines is 1. The highest BCUT2D eigenvalue weighted by atomic mass is 19.1. The fourth-order valence-electron chi connectivity index (χ4n) is 4.42. The minimum absolute atomic E-state index is 0.0797. The van der Waals surface area contributed by atoms with Gasteiger partial charge in [-0.1, -0.05) is 12.1 Å². The number of carbonyl (C=O) groups is 1. The zero-order valence-corrected chi connectivity index (χ0v) is 18.2. The van der Waals surface area contributed by atoms with Crippen LogP contribution in [0.25, 0.3) is 11.0 Å². The second-order valence-electron chi connectivity index (χ2n) is 8.02. The van der Waals surface area contributed by atoms with E-state index in [2.05, 4.69) is 0 Å². The van der Waals surface area contributed by atoms with E-state index in [1.165, 1.54) is 17.7 Å². The van der Waals surface area contributed by atoms with Crippen LogP contribution in [-0.4, -0.2) is 50.7 Å². The third-order valence-electron chi connectivity index (χ3n) is 6.35. The highest BCUT2D eigenvalue weighted by Gasteiger charge is 2.26. The van der Waals surface area contributed by atoms with E-state index in [1.54, 1.807) is 41.8 Å². The van der Waals surface area contributed by atoms with Crippen LogP contribution in [0.5, 0.6) is 0 Å². The maximum Gasteiger partial charge on any atom is 0.332 e. The number of hydrogen-bond acceptors (Lipinski definition) is 4. The van der Waals surface area contributed by atoms with Crippen LogP contribution < -0.4 is 16.1 Å². The standard InChI is InChI=1S/C22H26FN5O3/c1-14-15(19-20(24(14)2)25(3)22(31)26(4)21(19)30)13-18(29)28-11-9-27(10-12-28)17-8-6-5-7-16(17)23/h5-8H,9-13H2,1-4H3. The molecule has 8 nitrogen and oxygen atoms in total. The van der Waals surface area contributed by atoms with Crippen LogP contribution in [0.2, 0.25) is 0 Å². The third-order valence-corrected chi connectivity index (χ3v) is 6.35. The summed E-state index contributed by atoms with van der Waals surface area (Å²) in [7, 11) is 4.86. The molecule has 0 saturated carbocycles. The normalized spacial score (nSPS) is 14.5. The second-order valence-corrected chi connectivity index (χ2v) is 8.02. The summed E-state index contributed by atoms with van der Waals surface area (Å²) in [4.78, 5) is 41.9. The first-order valence-electron chi connectivity index (χ1n) is 10.2. The minimum Gasteiger partial charge on any atom is -0.366 e. The first-order valence-corrected chi connectivity index (χ1v) is 10.2. The van der Waals surface area contributed by atoms with Gasteiger partial charge in [0.15, 0.2) is 0 Å². The van der Waals surface area contributed by atoms with Gasteiger partial charge in [-0.15, -0.1) is 0 Å². The van der Waals surface area contributed by atoms with Crippen molar-refractivity contribution in [3.8, 4) is 0 Å². The summed E-state index contributed by atoms with van der Waals surface area (Å²) in [6.07, 6.45) is 0.0797. The van der Waals surface area contributed by atoms with Crippen molar-refractivity contribution < 1.29 is 9.18 Å². The Morgan fingerprint density at radius 3 is 2.26 bits per heavy atom. The Balaban J connectivity index is 1.59. The Hall–Kier alpha value is -3.36. The van der Waals surface area contributed by atoms with Crippen LogP contribution in [0.4, 0.5) is 10.1 Å². The van der Waals surface area contributed by atoms with Crippen LogP contribution in [0.15, 0.2) is 33.9 Å². The number of para-hydroxylation sites is 1. The number of piperazine rings is 1. The molecule has 1 saturated heterocycles. The summed E-state index contributed by atoms with van der Waals surface area (Å²) >= 11 is 0. The first kappa shape index (κ1) is 20.9. The first-order chi connectivity index (χ1) is 14.7. The van der Waals surface area contributed by atoms with Crippen molar-refractivity contribution in [1.29, 1.82) is 0 Å². The molecular weight excluding hydrogens is 401 g/mol. The molecule has 0 radical (unpaired) electrons. The molecule has 3 heterocycles. The number of aryl methyl sites for hydroxylation is 2. The van der Waals surface area contributed by atoms with E-state index >= 15 is 0 Å². The number of hydrogen-bond donors (Lipinski definition) is 0. The highest BCUT2D eigenvalue weighted by molar-refractivity contribution is 5.88. The van der Waals surface area contributed by atoms with Crippen molar-refractivity contribution in [2.75, 3.05) is 31.1 Å². The van der Waals surface area contributed by atoms with Crippen LogP contribution in [-0.2, 0) is 32.4 Å². The van der Waals surface area contributed by atoms with Crippen molar-refractivity contribution in [2.45, 2.75) is 13.3 Å². The van der Waals surface area contributed by atoms with Crippen molar-refractivity contribution in [3.63, 3.8) is 0 Å². The van der Waals surface area contributed by atoms with Gasteiger partial charge in [-0.05, 0) is 24.6 Å². The van der Waals surface area contributed by atoms with E-state index in [9.17, 15) is 18.8 Å².